The Kier molecular flexibility index (Phi) is 8.49. The van der Waals surface area contributed by atoms with E-state index in [-0.39, 0.29) is 37.5 Å². The molecule has 9 heteroatoms. The lowest BCUT2D eigenvalue weighted by molar-refractivity contribution is -0.142. The molecule has 2 aromatic carbocycles. The number of nitrogens with zero attached hydrogens (tertiary/aromatic N) is 4. The predicted molar refractivity (Wildman–Crippen MR) is 144 cm³/mol. The number of carbonyl (C=O) groups is 3. The lowest BCUT2D eigenvalue weighted by atomic mass is 9.93. The predicted octanol–water partition coefficient (Wildman–Crippen LogP) is 4.02. The van der Waals surface area contributed by atoms with E-state index in [9.17, 15) is 19.6 Å². The number of aryl methyl sites for hydroxylation is 1. The van der Waals surface area contributed by atoms with Crippen LogP contribution in [0.15, 0.2) is 77.5 Å². The summed E-state index contributed by atoms with van der Waals surface area (Å²) in [5.41, 5.74) is 4.56. The molecule has 0 bridgehead atoms. The summed E-state index contributed by atoms with van der Waals surface area (Å²) >= 11 is 0. The Balaban J connectivity index is 1.70. The molecule has 0 atom stereocenters. The first-order chi connectivity index (χ1) is 18.8. The van der Waals surface area contributed by atoms with Crippen LogP contribution in [0.4, 0.5) is 0 Å². The molecule has 1 aliphatic rings. The van der Waals surface area contributed by atoms with Gasteiger partial charge in [0.05, 0.1) is 31.1 Å². The largest absolute Gasteiger partial charge is 0.463 e. The molecule has 9 nitrogen and oxygen atoms in total. The van der Waals surface area contributed by atoms with Crippen LogP contribution in [0.1, 0.15) is 25.0 Å². The SMILES string of the molecule is CC(=O)OCCOCCN1C(=O)C(C#N)=C(C)/C(=C\c2cn(-c3ccccc3)nc2-c2ccc(C)cc2)C1=O. The molecule has 1 aliphatic heterocycles. The van der Waals surface area contributed by atoms with Crippen LogP contribution in [-0.2, 0) is 23.9 Å². The van der Waals surface area contributed by atoms with E-state index in [0.29, 0.717) is 16.8 Å². The maximum atomic E-state index is 13.5. The van der Waals surface area contributed by atoms with Crippen molar-refractivity contribution < 1.29 is 23.9 Å². The van der Waals surface area contributed by atoms with Crippen molar-refractivity contribution in [1.29, 1.82) is 5.26 Å². The second-order valence-electron chi connectivity index (χ2n) is 8.96. The van der Waals surface area contributed by atoms with E-state index in [1.807, 2.05) is 73.8 Å². The van der Waals surface area contributed by atoms with Gasteiger partial charge < -0.3 is 9.47 Å². The summed E-state index contributed by atoms with van der Waals surface area (Å²) in [7, 11) is 0. The molecule has 0 N–H and O–H groups in total. The highest BCUT2D eigenvalue weighted by Gasteiger charge is 2.35. The molecule has 0 spiro atoms. The van der Waals surface area contributed by atoms with Gasteiger partial charge in [-0.05, 0) is 37.6 Å². The number of hydrogen-bond donors (Lipinski definition) is 0. The molecular formula is C30H28N4O5. The van der Waals surface area contributed by atoms with Gasteiger partial charge in [0.15, 0.2) is 0 Å². The number of aromatic nitrogens is 2. The Labute approximate surface area is 226 Å². The van der Waals surface area contributed by atoms with Gasteiger partial charge >= 0.3 is 5.97 Å². The number of nitriles is 1. The minimum atomic E-state index is -0.667. The van der Waals surface area contributed by atoms with Gasteiger partial charge in [-0.3, -0.25) is 19.3 Å². The van der Waals surface area contributed by atoms with E-state index in [0.717, 1.165) is 21.7 Å². The van der Waals surface area contributed by atoms with E-state index in [1.165, 1.54) is 6.92 Å². The summed E-state index contributed by atoms with van der Waals surface area (Å²) in [4.78, 5) is 38.4. The zero-order chi connectivity index (χ0) is 27.9. The average molecular weight is 525 g/mol. The number of imide groups is 1. The summed E-state index contributed by atoms with van der Waals surface area (Å²) in [6, 6.07) is 19.4. The molecule has 39 heavy (non-hydrogen) atoms. The Hall–Kier alpha value is -4.81. The van der Waals surface area contributed by atoms with Gasteiger partial charge in [-0.2, -0.15) is 10.4 Å². The van der Waals surface area contributed by atoms with Gasteiger partial charge in [0.2, 0.25) is 0 Å². The van der Waals surface area contributed by atoms with Crippen LogP contribution in [0.25, 0.3) is 23.0 Å². The highest BCUT2D eigenvalue weighted by Crippen LogP contribution is 2.31. The molecule has 2 heterocycles. The molecule has 1 aromatic heterocycles. The van der Waals surface area contributed by atoms with Crippen LogP contribution >= 0.6 is 0 Å². The van der Waals surface area contributed by atoms with Gasteiger partial charge in [-0.15, -0.1) is 0 Å². The van der Waals surface area contributed by atoms with E-state index in [4.69, 9.17) is 14.6 Å². The molecule has 0 saturated heterocycles. The summed E-state index contributed by atoms with van der Waals surface area (Å²) in [6.45, 7) is 5.06. The van der Waals surface area contributed by atoms with Crippen LogP contribution in [0, 0.1) is 18.3 Å². The van der Waals surface area contributed by atoms with Gasteiger partial charge in [0, 0.05) is 29.8 Å². The molecule has 0 radical (unpaired) electrons. The average Bonchev–Trinajstić information content (AvgIpc) is 3.35. The third kappa shape index (κ3) is 6.20. The van der Waals surface area contributed by atoms with Crippen molar-refractivity contribution in [3.8, 4) is 23.0 Å². The Morgan fingerprint density at radius 1 is 1.00 bits per heavy atom. The van der Waals surface area contributed by atoms with Crippen LogP contribution in [0.3, 0.4) is 0 Å². The minimum Gasteiger partial charge on any atom is -0.463 e. The first kappa shape index (κ1) is 27.2. The molecule has 0 fully saturated rings. The third-order valence-corrected chi connectivity index (χ3v) is 6.21. The summed E-state index contributed by atoms with van der Waals surface area (Å²) in [6.07, 6.45) is 3.50. The number of rotatable bonds is 9. The fourth-order valence-corrected chi connectivity index (χ4v) is 4.13. The van der Waals surface area contributed by atoms with E-state index in [1.54, 1.807) is 17.7 Å². The standard InChI is InChI=1S/C30H28N4O5/c1-20-9-11-23(12-10-20)28-24(19-34(32-28)25-7-5-4-6-8-25)17-26-21(2)27(18-31)30(37)33(29(26)36)13-14-38-15-16-39-22(3)35/h4-12,17,19H,13-16H2,1-3H3/b26-17+. The molecule has 0 saturated carbocycles. The van der Waals surface area contributed by atoms with Gasteiger partial charge in [0.25, 0.3) is 11.8 Å². The third-order valence-electron chi connectivity index (χ3n) is 6.21. The summed E-state index contributed by atoms with van der Waals surface area (Å²) in [5, 5.41) is 14.5. The van der Waals surface area contributed by atoms with E-state index in [2.05, 4.69) is 0 Å². The van der Waals surface area contributed by atoms with E-state index < -0.39 is 17.8 Å². The van der Waals surface area contributed by atoms with Crippen LogP contribution in [0.2, 0.25) is 0 Å². The number of hydrogen-bond acceptors (Lipinski definition) is 7. The first-order valence-electron chi connectivity index (χ1n) is 12.4. The van der Waals surface area contributed by atoms with Crippen molar-refractivity contribution >= 4 is 23.9 Å². The molecule has 0 aliphatic carbocycles. The highest BCUT2D eigenvalue weighted by molar-refractivity contribution is 6.19. The number of carbonyl (C=O) groups excluding carboxylic acids is 3. The molecule has 2 amide bonds. The van der Waals surface area contributed by atoms with Crippen molar-refractivity contribution in [2.75, 3.05) is 26.4 Å². The van der Waals surface area contributed by atoms with Gasteiger partial charge in [-0.25, -0.2) is 4.68 Å². The molecule has 198 valence electrons. The van der Waals surface area contributed by atoms with Gasteiger partial charge in [0.1, 0.15) is 18.2 Å². The number of benzene rings is 2. The fourth-order valence-electron chi connectivity index (χ4n) is 4.13. The quantitative estimate of drug-likeness (QED) is 0.180. The maximum Gasteiger partial charge on any atom is 0.302 e. The maximum absolute atomic E-state index is 13.5. The smallest absolute Gasteiger partial charge is 0.302 e. The fraction of sp³-hybridized carbons (Fsp3) is 0.233. The van der Waals surface area contributed by atoms with Crippen LogP contribution in [0.5, 0.6) is 0 Å². The lowest BCUT2D eigenvalue weighted by Gasteiger charge is -2.27. The second-order valence-corrected chi connectivity index (χ2v) is 8.96. The lowest BCUT2D eigenvalue weighted by Crippen LogP contribution is -2.44. The number of esters is 1. The Morgan fingerprint density at radius 3 is 2.38 bits per heavy atom. The van der Waals surface area contributed by atoms with Crippen molar-refractivity contribution in [2.24, 2.45) is 0 Å². The van der Waals surface area contributed by atoms with Crippen molar-refractivity contribution in [2.45, 2.75) is 20.8 Å². The Bertz CT molecular complexity index is 1490. The van der Waals surface area contributed by atoms with E-state index >= 15 is 0 Å². The van der Waals surface area contributed by atoms with Crippen LogP contribution < -0.4 is 0 Å². The molecular weight excluding hydrogens is 496 g/mol. The second kappa shape index (κ2) is 12.2. The summed E-state index contributed by atoms with van der Waals surface area (Å²) < 4.78 is 12.0. The van der Waals surface area contributed by atoms with Gasteiger partial charge in [-0.1, -0.05) is 48.0 Å². The number of ether oxygens (including phenoxy) is 2. The number of amides is 2. The molecule has 3 aromatic rings. The molecule has 4 rings (SSSR count). The normalized spacial score (nSPS) is 14.6. The van der Waals surface area contributed by atoms with Crippen molar-refractivity contribution in [1.82, 2.24) is 14.7 Å². The first-order valence-corrected chi connectivity index (χ1v) is 12.4. The number of para-hydroxylation sites is 1. The van der Waals surface area contributed by atoms with Crippen molar-refractivity contribution in [3.63, 3.8) is 0 Å². The monoisotopic (exact) mass is 524 g/mol. The zero-order valence-electron chi connectivity index (χ0n) is 22.0. The Morgan fingerprint density at radius 2 is 1.72 bits per heavy atom. The van der Waals surface area contributed by atoms with Crippen molar-refractivity contribution in [3.05, 3.63) is 88.6 Å². The summed E-state index contributed by atoms with van der Waals surface area (Å²) in [5.74, 6) is -1.61. The highest BCUT2D eigenvalue weighted by atomic mass is 16.6. The molecule has 0 unspecified atom stereocenters. The van der Waals surface area contributed by atoms with Crippen LogP contribution in [-0.4, -0.2) is 58.8 Å². The minimum absolute atomic E-state index is 0.0321. The zero-order valence-corrected chi connectivity index (χ0v) is 22.0. The topological polar surface area (TPSA) is 115 Å².